The van der Waals surface area contributed by atoms with Crippen molar-refractivity contribution in [3.05, 3.63) is 0 Å². The van der Waals surface area contributed by atoms with Crippen LogP contribution in [0.2, 0.25) is 0 Å². The summed E-state index contributed by atoms with van der Waals surface area (Å²) in [5.41, 5.74) is 0.333. The third-order valence-electron chi connectivity index (χ3n) is 4.81. The summed E-state index contributed by atoms with van der Waals surface area (Å²) < 4.78 is 5.68. The van der Waals surface area contributed by atoms with E-state index in [1.54, 1.807) is 0 Å². The normalized spacial score (nSPS) is 39.2. The van der Waals surface area contributed by atoms with Crippen molar-refractivity contribution in [2.24, 2.45) is 5.41 Å². The minimum absolute atomic E-state index is 0.333. The highest BCUT2D eigenvalue weighted by atomic mass is 16.5. The van der Waals surface area contributed by atoms with Gasteiger partial charge in [-0.15, -0.1) is 0 Å². The van der Waals surface area contributed by atoms with Gasteiger partial charge in [0, 0.05) is 38.3 Å². The van der Waals surface area contributed by atoms with Gasteiger partial charge in [-0.25, -0.2) is 0 Å². The monoisotopic (exact) mass is 254 g/mol. The highest BCUT2D eigenvalue weighted by molar-refractivity contribution is 4.96. The lowest BCUT2D eigenvalue weighted by molar-refractivity contribution is -0.0106. The molecule has 3 nitrogen and oxygen atoms in total. The van der Waals surface area contributed by atoms with Crippen molar-refractivity contribution < 1.29 is 4.74 Å². The van der Waals surface area contributed by atoms with E-state index in [0.717, 1.165) is 13.1 Å². The smallest absolute Gasteiger partial charge is 0.0726 e. The van der Waals surface area contributed by atoms with Gasteiger partial charge in [0.25, 0.3) is 0 Å². The molecule has 0 spiro atoms. The molecule has 0 radical (unpaired) electrons. The third kappa shape index (κ3) is 2.89. The van der Waals surface area contributed by atoms with E-state index in [0.29, 0.717) is 29.6 Å². The fraction of sp³-hybridized carbons (Fsp3) is 1.00. The minimum atomic E-state index is 0.333. The maximum atomic E-state index is 5.68. The Hall–Kier alpha value is -0.120. The van der Waals surface area contributed by atoms with E-state index in [1.807, 2.05) is 7.11 Å². The summed E-state index contributed by atoms with van der Waals surface area (Å²) in [5, 5.41) is 3.71. The number of piperazine rings is 1. The summed E-state index contributed by atoms with van der Waals surface area (Å²) in [6, 6.07) is 1.85. The maximum absolute atomic E-state index is 5.68. The molecule has 0 bridgehead atoms. The van der Waals surface area contributed by atoms with Crippen LogP contribution in [-0.2, 0) is 4.74 Å². The van der Waals surface area contributed by atoms with Gasteiger partial charge in [-0.2, -0.15) is 0 Å². The number of ether oxygens (including phenoxy) is 1. The van der Waals surface area contributed by atoms with Crippen molar-refractivity contribution in [3.63, 3.8) is 0 Å². The van der Waals surface area contributed by atoms with Gasteiger partial charge in [0.05, 0.1) is 6.10 Å². The summed E-state index contributed by atoms with van der Waals surface area (Å²) in [5.74, 6) is 0. The number of rotatable bonds is 2. The van der Waals surface area contributed by atoms with E-state index >= 15 is 0 Å². The molecule has 106 valence electrons. The van der Waals surface area contributed by atoms with Crippen LogP contribution in [0.15, 0.2) is 0 Å². The fourth-order valence-corrected chi connectivity index (χ4v) is 3.49. The molecule has 4 atom stereocenters. The second-order valence-corrected chi connectivity index (χ2v) is 7.15. The molecule has 0 aromatic rings. The van der Waals surface area contributed by atoms with E-state index in [9.17, 15) is 0 Å². The first-order chi connectivity index (χ1) is 8.43. The average molecular weight is 254 g/mol. The Kier molecular flexibility index (Phi) is 4.35. The second-order valence-electron chi connectivity index (χ2n) is 7.15. The van der Waals surface area contributed by atoms with Crippen molar-refractivity contribution in [2.45, 2.75) is 71.2 Å². The second kappa shape index (κ2) is 5.48. The number of nitrogens with zero attached hydrogens (tertiary/aromatic N) is 1. The highest BCUT2D eigenvalue weighted by Crippen LogP contribution is 2.31. The molecule has 0 aromatic heterocycles. The summed E-state index contributed by atoms with van der Waals surface area (Å²) in [6.07, 6.45) is 4.31. The van der Waals surface area contributed by atoms with Crippen LogP contribution in [0.1, 0.15) is 47.0 Å². The number of hydrogen-bond donors (Lipinski definition) is 1. The van der Waals surface area contributed by atoms with Crippen LogP contribution in [0.5, 0.6) is 0 Å². The Morgan fingerprint density at radius 1 is 1.22 bits per heavy atom. The number of methoxy groups -OCH3 is 1. The lowest BCUT2D eigenvalue weighted by Gasteiger charge is -2.47. The van der Waals surface area contributed by atoms with Gasteiger partial charge >= 0.3 is 0 Å². The van der Waals surface area contributed by atoms with Gasteiger partial charge in [0.1, 0.15) is 0 Å². The van der Waals surface area contributed by atoms with Crippen molar-refractivity contribution >= 4 is 0 Å². The average Bonchev–Trinajstić information content (AvgIpc) is 2.76. The first-order valence-corrected chi connectivity index (χ1v) is 7.45. The molecule has 18 heavy (non-hydrogen) atoms. The van der Waals surface area contributed by atoms with E-state index in [2.05, 4.69) is 37.9 Å². The zero-order valence-corrected chi connectivity index (χ0v) is 12.7. The molecular weight excluding hydrogens is 224 g/mol. The molecule has 1 heterocycles. The molecule has 1 aliphatic carbocycles. The molecule has 0 aromatic carbocycles. The summed E-state index contributed by atoms with van der Waals surface area (Å²) in [6.45, 7) is 11.6. The Labute approximate surface area is 112 Å². The quantitative estimate of drug-likeness (QED) is 0.818. The molecule has 2 fully saturated rings. The predicted molar refractivity (Wildman–Crippen MR) is 75.8 cm³/mol. The topological polar surface area (TPSA) is 24.5 Å². The molecule has 0 amide bonds. The van der Waals surface area contributed by atoms with Crippen molar-refractivity contribution in [2.75, 3.05) is 20.2 Å². The summed E-state index contributed by atoms with van der Waals surface area (Å²) >= 11 is 0. The zero-order chi connectivity index (χ0) is 13.3. The standard InChI is InChI=1S/C15H30N2O/c1-11-9-16-14(15(2,3)4)10-17(11)12-7-6-8-13(12)18-5/h11-14,16H,6-10H2,1-5H3. The molecule has 4 unspecified atom stereocenters. The van der Waals surface area contributed by atoms with E-state index in [4.69, 9.17) is 4.74 Å². The van der Waals surface area contributed by atoms with Crippen molar-refractivity contribution in [1.82, 2.24) is 10.2 Å². The first kappa shape index (κ1) is 14.3. The maximum Gasteiger partial charge on any atom is 0.0726 e. The van der Waals surface area contributed by atoms with Crippen molar-refractivity contribution in [1.29, 1.82) is 0 Å². The third-order valence-corrected chi connectivity index (χ3v) is 4.81. The van der Waals surface area contributed by atoms with Gasteiger partial charge in [-0.1, -0.05) is 20.8 Å². The van der Waals surface area contributed by atoms with Gasteiger partial charge < -0.3 is 10.1 Å². The van der Waals surface area contributed by atoms with Gasteiger partial charge in [0.15, 0.2) is 0 Å². The molecular formula is C15H30N2O. The molecule has 1 aliphatic heterocycles. The minimum Gasteiger partial charge on any atom is -0.380 e. The Morgan fingerprint density at radius 3 is 2.56 bits per heavy atom. The van der Waals surface area contributed by atoms with Gasteiger partial charge in [-0.05, 0) is 31.6 Å². The van der Waals surface area contributed by atoms with E-state index in [-0.39, 0.29) is 0 Å². The highest BCUT2D eigenvalue weighted by Gasteiger charge is 2.40. The van der Waals surface area contributed by atoms with Crippen LogP contribution >= 0.6 is 0 Å². The molecule has 1 N–H and O–H groups in total. The first-order valence-electron chi connectivity index (χ1n) is 7.45. The van der Waals surface area contributed by atoms with Crippen LogP contribution in [-0.4, -0.2) is 49.3 Å². The van der Waals surface area contributed by atoms with Crippen LogP contribution in [0.25, 0.3) is 0 Å². The van der Waals surface area contributed by atoms with Crippen molar-refractivity contribution in [3.8, 4) is 0 Å². The molecule has 2 aliphatic rings. The summed E-state index contributed by atoms with van der Waals surface area (Å²) in [4.78, 5) is 2.70. The largest absolute Gasteiger partial charge is 0.380 e. The number of nitrogens with one attached hydrogen (secondary N) is 1. The van der Waals surface area contributed by atoms with Crippen LogP contribution < -0.4 is 5.32 Å². The van der Waals surface area contributed by atoms with E-state index in [1.165, 1.54) is 19.3 Å². The molecule has 3 heteroatoms. The van der Waals surface area contributed by atoms with Gasteiger partial charge in [-0.3, -0.25) is 4.90 Å². The Balaban J connectivity index is 2.05. The summed E-state index contributed by atoms with van der Waals surface area (Å²) in [7, 11) is 1.87. The van der Waals surface area contributed by atoms with Crippen LogP contribution in [0.4, 0.5) is 0 Å². The lowest BCUT2D eigenvalue weighted by Crippen LogP contribution is -2.63. The van der Waals surface area contributed by atoms with Crippen LogP contribution in [0, 0.1) is 5.41 Å². The predicted octanol–water partition coefficient (Wildman–Crippen LogP) is 2.26. The molecule has 2 rings (SSSR count). The Morgan fingerprint density at radius 2 is 1.94 bits per heavy atom. The fourth-order valence-electron chi connectivity index (χ4n) is 3.49. The molecule has 1 saturated carbocycles. The molecule has 1 saturated heterocycles. The SMILES string of the molecule is COC1CCCC1N1CC(C(C)(C)C)NCC1C. The number of hydrogen-bond acceptors (Lipinski definition) is 3. The van der Waals surface area contributed by atoms with Crippen LogP contribution in [0.3, 0.4) is 0 Å². The zero-order valence-electron chi connectivity index (χ0n) is 12.7. The van der Waals surface area contributed by atoms with E-state index < -0.39 is 0 Å². The van der Waals surface area contributed by atoms with Gasteiger partial charge in [0.2, 0.25) is 0 Å². The lowest BCUT2D eigenvalue weighted by atomic mass is 9.84. The Bertz CT molecular complexity index is 274.